The molecule has 69 heavy (non-hydrogen) atoms. The van der Waals surface area contributed by atoms with E-state index in [9.17, 15) is 22.4 Å². The molecule has 6 fully saturated rings. The molecule has 1 radical (unpaired) electrons. The second-order valence-corrected chi connectivity index (χ2v) is 23.1. The van der Waals surface area contributed by atoms with E-state index in [2.05, 4.69) is 36.4 Å². The predicted octanol–water partition coefficient (Wildman–Crippen LogP) is 10.3. The fourth-order valence-electron chi connectivity index (χ4n) is 13.8. The van der Waals surface area contributed by atoms with E-state index in [-0.39, 0.29) is 11.7 Å². The minimum absolute atomic E-state index is 0.247. The van der Waals surface area contributed by atoms with Gasteiger partial charge in [-0.2, -0.15) is 5.32 Å². The zero-order valence-electron chi connectivity index (χ0n) is 39.6. The van der Waals surface area contributed by atoms with Crippen LogP contribution in [-0.2, 0) is 27.6 Å². The van der Waals surface area contributed by atoms with Crippen molar-refractivity contribution in [1.29, 1.82) is 0 Å². The third-order valence-electron chi connectivity index (χ3n) is 16.0. The molecule has 3 atom stereocenters. The summed E-state index contributed by atoms with van der Waals surface area (Å²) in [5.74, 6) is 0.645. The number of hydrogen-bond acceptors (Lipinski definition) is 8. The van der Waals surface area contributed by atoms with E-state index >= 15 is 0 Å². The molecule has 2 amide bonds. The van der Waals surface area contributed by atoms with Crippen LogP contribution in [0.25, 0.3) is 21.5 Å². The second kappa shape index (κ2) is 18.0. The molecular weight excluding hydrogens is 960 g/mol. The number of likely N-dealkylation sites (tertiary alicyclic amines) is 1. The minimum atomic E-state index is -3.91. The molecule has 363 valence electrons. The number of hydrogen-bond donors (Lipinski definition) is 2. The van der Waals surface area contributed by atoms with Gasteiger partial charge in [0, 0.05) is 36.3 Å². The molecule has 2 saturated heterocycles. The molecule has 12 nitrogen and oxygen atoms in total. The van der Waals surface area contributed by atoms with Crippen molar-refractivity contribution in [2.75, 3.05) is 41.7 Å². The van der Waals surface area contributed by atoms with Crippen LogP contribution >= 0.6 is 15.9 Å². The average molecular weight is 1020 g/mol. The molecule has 4 aliphatic carbocycles. The minimum Gasteiger partial charge on any atom is -0.493 e. The Balaban J connectivity index is 0.979. The predicted molar refractivity (Wildman–Crippen MR) is 271 cm³/mol. The van der Waals surface area contributed by atoms with Gasteiger partial charge in [-0.25, -0.2) is 26.8 Å². The lowest BCUT2D eigenvalue weighted by Gasteiger charge is -2.56. The Morgan fingerprint density at radius 1 is 0.899 bits per heavy atom. The second-order valence-electron chi connectivity index (χ2n) is 20.5. The number of sulfonamides is 1. The van der Waals surface area contributed by atoms with E-state index < -0.39 is 39.7 Å². The van der Waals surface area contributed by atoms with Crippen molar-refractivity contribution < 1.29 is 31.9 Å². The van der Waals surface area contributed by atoms with E-state index in [0.29, 0.717) is 97.8 Å². The van der Waals surface area contributed by atoms with Crippen molar-refractivity contribution >= 4 is 76.6 Å². The molecular formula is C54H61BrFN6O6S. The first kappa shape index (κ1) is 46.4. The van der Waals surface area contributed by atoms with Gasteiger partial charge >= 0.3 is 6.09 Å². The smallest absolute Gasteiger partial charge is 0.408 e. The number of alkyl carbamates (subject to hydrolysis) is 1. The maximum atomic E-state index is 14.8. The molecule has 12 rings (SSSR count). The first-order chi connectivity index (χ1) is 33.3. The van der Waals surface area contributed by atoms with Crippen LogP contribution in [0, 0.1) is 23.6 Å². The lowest BCUT2D eigenvalue weighted by molar-refractivity contribution is -0.128. The standard InChI is InChI=1S/C54H61BrFN6O6S/c1-4-10-36-26-38(56)27-37-16-17-39(28-43(36)37)62(69(3,65)66)46-14-8-13-45-42(46)19-22-60(45)54(48(18-20-57-54)58-52(64)68-53-30-33-23-34(31-53)25-35(24-33)32-53)61-21-9-15-49(61)59-51(63)44-29-47(67-5-2)50(55)41-12-7-6-11-40(41)44/h6-8,11-14,16-17,26-29,33-35,48-49H,4-5,9-10,15,18-25,30-32H2,1-3H3,(H,58,64)(H,59,63). The number of fused-ring (bicyclic) bond motifs is 3. The Morgan fingerprint density at radius 3 is 2.38 bits per heavy atom. The summed E-state index contributed by atoms with van der Waals surface area (Å²) in [7, 11) is -3.91. The Bertz CT molecular complexity index is 2940. The van der Waals surface area contributed by atoms with Crippen LogP contribution in [0.5, 0.6) is 5.75 Å². The van der Waals surface area contributed by atoms with Crippen molar-refractivity contribution in [2.24, 2.45) is 17.8 Å². The number of amides is 2. The van der Waals surface area contributed by atoms with Gasteiger partial charge in [0.15, 0.2) is 5.79 Å². The molecule has 3 aliphatic heterocycles. The molecule has 4 saturated carbocycles. The number of benzene rings is 5. The molecule has 15 heteroatoms. The Kier molecular flexibility index (Phi) is 12.1. The number of carbonyl (C=O) groups is 2. The van der Waals surface area contributed by atoms with Gasteiger partial charge in [0.05, 0.1) is 46.5 Å². The molecule has 0 spiro atoms. The fourth-order valence-corrected chi connectivity index (χ4v) is 15.4. The summed E-state index contributed by atoms with van der Waals surface area (Å²) in [6.45, 7) is 5.90. The lowest BCUT2D eigenvalue weighted by atomic mass is 9.54. The molecule has 2 N–H and O–H groups in total. The normalized spacial score (nSPS) is 27.3. The van der Waals surface area contributed by atoms with Gasteiger partial charge < -0.3 is 25.0 Å². The van der Waals surface area contributed by atoms with Crippen LogP contribution in [0.2, 0.25) is 0 Å². The van der Waals surface area contributed by atoms with E-state index in [4.69, 9.17) is 14.8 Å². The number of rotatable bonds is 13. The number of nitrogens with zero attached hydrogens (tertiary/aromatic N) is 4. The topological polar surface area (TPSA) is 135 Å². The van der Waals surface area contributed by atoms with Gasteiger partial charge in [-0.3, -0.25) is 4.79 Å². The summed E-state index contributed by atoms with van der Waals surface area (Å²) >= 11 is 3.72. The molecule has 3 heterocycles. The first-order valence-electron chi connectivity index (χ1n) is 25.0. The van der Waals surface area contributed by atoms with Crippen LogP contribution in [0.3, 0.4) is 0 Å². The van der Waals surface area contributed by atoms with Crippen molar-refractivity contribution in [2.45, 2.75) is 114 Å². The summed E-state index contributed by atoms with van der Waals surface area (Å²) in [4.78, 5) is 33.8. The monoisotopic (exact) mass is 1020 g/mol. The lowest BCUT2D eigenvalue weighted by Crippen LogP contribution is -2.74. The highest BCUT2D eigenvalue weighted by molar-refractivity contribution is 9.10. The molecule has 4 bridgehead atoms. The van der Waals surface area contributed by atoms with Crippen LogP contribution in [0.4, 0.5) is 26.2 Å². The quantitative estimate of drug-likeness (QED) is 0.119. The zero-order valence-corrected chi connectivity index (χ0v) is 42.0. The van der Waals surface area contributed by atoms with E-state index in [1.807, 2.05) is 62.4 Å². The van der Waals surface area contributed by atoms with Gasteiger partial charge in [-0.15, -0.1) is 0 Å². The zero-order chi connectivity index (χ0) is 47.8. The highest BCUT2D eigenvalue weighted by Crippen LogP contribution is 2.57. The van der Waals surface area contributed by atoms with Gasteiger partial charge in [0.1, 0.15) is 17.2 Å². The Labute approximate surface area is 412 Å². The van der Waals surface area contributed by atoms with Gasteiger partial charge in [0.25, 0.3) is 5.91 Å². The molecule has 5 aromatic carbocycles. The number of halogens is 2. The largest absolute Gasteiger partial charge is 0.493 e. The highest BCUT2D eigenvalue weighted by atomic mass is 79.9. The van der Waals surface area contributed by atoms with Crippen molar-refractivity contribution in [3.8, 4) is 5.75 Å². The van der Waals surface area contributed by atoms with Gasteiger partial charge in [-0.05, 0) is 175 Å². The third-order valence-corrected chi connectivity index (χ3v) is 17.9. The summed E-state index contributed by atoms with van der Waals surface area (Å²) in [5, 5.41) is 15.5. The van der Waals surface area contributed by atoms with Crippen molar-refractivity contribution in [3.63, 3.8) is 0 Å². The van der Waals surface area contributed by atoms with Crippen molar-refractivity contribution in [1.82, 2.24) is 20.9 Å². The number of nitrogens with one attached hydrogen (secondary N) is 2. The number of aryl methyl sites for hydroxylation is 1. The van der Waals surface area contributed by atoms with E-state index in [1.54, 1.807) is 24.3 Å². The van der Waals surface area contributed by atoms with E-state index in [1.165, 1.54) is 35.9 Å². The van der Waals surface area contributed by atoms with Crippen molar-refractivity contribution in [3.05, 3.63) is 106 Å². The first-order valence-corrected chi connectivity index (χ1v) is 27.6. The number of ether oxygens (including phenoxy) is 2. The van der Waals surface area contributed by atoms with Gasteiger partial charge in [0.2, 0.25) is 10.0 Å². The molecule has 3 unspecified atom stereocenters. The summed E-state index contributed by atoms with van der Waals surface area (Å²) in [6.07, 6.45) is 10.7. The Hall–Kier alpha value is -4.96. The van der Waals surface area contributed by atoms with E-state index in [0.717, 1.165) is 69.5 Å². The summed E-state index contributed by atoms with van der Waals surface area (Å²) in [6, 6.07) is 23.2. The van der Waals surface area contributed by atoms with Gasteiger partial charge in [-0.1, -0.05) is 49.7 Å². The number of anilines is 3. The molecule has 5 aromatic rings. The maximum Gasteiger partial charge on any atom is 0.408 e. The van der Waals surface area contributed by atoms with Crippen LogP contribution in [0.1, 0.15) is 99.5 Å². The van der Waals surface area contributed by atoms with Crippen LogP contribution < -0.4 is 29.9 Å². The molecule has 0 aromatic heterocycles. The molecule has 7 aliphatic rings. The highest BCUT2D eigenvalue weighted by Gasteiger charge is 2.59. The third kappa shape index (κ3) is 8.22. The fraction of sp³-hybridized carbons (Fsp3) is 0.481. The van der Waals surface area contributed by atoms with Crippen LogP contribution in [-0.4, -0.2) is 81.4 Å². The number of carbonyl (C=O) groups excluding carboxylic acids is 2. The maximum absolute atomic E-state index is 14.8. The SMILES string of the molecule is CCCc1cc(F)cc2ccc(N(c3cccc4c3CCN4C3(N4CCCC4NC(=O)c4cc(OCC)c(Br)c5ccccc45)[N]CCC3NC(=O)OC34CC5CC(CC(C5)C3)C4)S(C)(=O)=O)cc12. The average Bonchev–Trinajstić information content (AvgIpc) is 4.06. The Morgan fingerprint density at radius 2 is 1.65 bits per heavy atom. The summed E-state index contributed by atoms with van der Waals surface area (Å²) in [5.41, 5.74) is 3.49. The summed E-state index contributed by atoms with van der Waals surface area (Å²) < 4.78 is 57.8. The van der Waals surface area contributed by atoms with Crippen LogP contribution in [0.15, 0.2) is 83.3 Å².